The lowest BCUT2D eigenvalue weighted by Crippen LogP contribution is -2.04. The van der Waals surface area contributed by atoms with Gasteiger partial charge in [-0.2, -0.15) is 0 Å². The zero-order valence-corrected chi connectivity index (χ0v) is 7.64. The van der Waals surface area contributed by atoms with Crippen molar-refractivity contribution in [3.8, 4) is 5.88 Å². The number of methoxy groups -OCH3 is 1. The van der Waals surface area contributed by atoms with Gasteiger partial charge in [-0.25, -0.2) is 4.98 Å². The Kier molecular flexibility index (Phi) is 2.14. The molecule has 2 rings (SSSR count). The first-order chi connectivity index (χ1) is 6.81. The van der Waals surface area contributed by atoms with Crippen molar-refractivity contribution in [3.05, 3.63) is 30.4 Å². The molecule has 74 valence electrons. The van der Waals surface area contributed by atoms with E-state index in [1.165, 1.54) is 25.8 Å². The molecule has 0 aliphatic carbocycles. The minimum absolute atomic E-state index is 0.480. The summed E-state index contributed by atoms with van der Waals surface area (Å²) < 4.78 is 15.3. The van der Waals surface area contributed by atoms with Crippen molar-refractivity contribution in [2.75, 3.05) is 12.8 Å². The summed E-state index contributed by atoms with van der Waals surface area (Å²) in [5.41, 5.74) is 6.94. The van der Waals surface area contributed by atoms with Crippen LogP contribution >= 0.6 is 0 Å². The Morgan fingerprint density at radius 1 is 1.43 bits per heavy atom. The summed E-state index contributed by atoms with van der Waals surface area (Å²) >= 11 is 0. The maximum atomic E-state index is 5.72. The number of hydrogen-bond acceptors (Lipinski definition) is 5. The molecule has 14 heavy (non-hydrogen) atoms. The van der Waals surface area contributed by atoms with Crippen LogP contribution in [-0.2, 0) is 9.47 Å². The topological polar surface area (TPSA) is 66.6 Å². The van der Waals surface area contributed by atoms with Gasteiger partial charge in [-0.3, -0.25) is 0 Å². The monoisotopic (exact) mass is 194 g/mol. The zero-order valence-electron chi connectivity index (χ0n) is 7.64. The molecule has 0 spiro atoms. The fourth-order valence-electron chi connectivity index (χ4n) is 1.16. The van der Waals surface area contributed by atoms with Gasteiger partial charge in [0.1, 0.15) is 12.5 Å². The summed E-state index contributed by atoms with van der Waals surface area (Å²) in [7, 11) is 1.54. The first-order valence-electron chi connectivity index (χ1n) is 4.06. The van der Waals surface area contributed by atoms with E-state index in [0.29, 0.717) is 17.1 Å². The highest BCUT2D eigenvalue weighted by Gasteiger charge is 2.19. The molecular formula is C9H10N2O3. The lowest BCUT2D eigenvalue weighted by molar-refractivity contribution is -0.0241. The minimum atomic E-state index is -0.494. The molecule has 5 nitrogen and oxygen atoms in total. The van der Waals surface area contributed by atoms with Gasteiger partial charge in [-0.1, -0.05) is 0 Å². The second-order valence-electron chi connectivity index (χ2n) is 2.73. The van der Waals surface area contributed by atoms with Crippen molar-refractivity contribution in [3.63, 3.8) is 0 Å². The van der Waals surface area contributed by atoms with Crippen LogP contribution in [0.5, 0.6) is 5.88 Å². The average molecular weight is 194 g/mol. The quantitative estimate of drug-likeness (QED) is 0.765. The van der Waals surface area contributed by atoms with Crippen LogP contribution in [0.2, 0.25) is 0 Å². The van der Waals surface area contributed by atoms with Gasteiger partial charge in [0, 0.05) is 6.07 Å². The molecule has 1 aromatic heterocycles. The van der Waals surface area contributed by atoms with Crippen LogP contribution in [0.4, 0.5) is 5.69 Å². The lowest BCUT2D eigenvalue weighted by atomic mass is 10.2. The molecule has 1 aliphatic rings. The number of hydrogen-bond donors (Lipinski definition) is 1. The second-order valence-corrected chi connectivity index (χ2v) is 2.73. The molecule has 0 amide bonds. The molecule has 0 bridgehead atoms. The summed E-state index contributed by atoms with van der Waals surface area (Å²) in [6.07, 6.45) is 3.96. The van der Waals surface area contributed by atoms with Gasteiger partial charge in [-0.05, 0) is 0 Å². The van der Waals surface area contributed by atoms with E-state index >= 15 is 0 Å². The molecule has 0 saturated heterocycles. The highest BCUT2D eigenvalue weighted by Crippen LogP contribution is 2.29. The third-order valence-electron chi connectivity index (χ3n) is 1.87. The predicted molar refractivity (Wildman–Crippen MR) is 49.3 cm³/mol. The van der Waals surface area contributed by atoms with E-state index in [1.54, 1.807) is 6.07 Å². The Labute approximate surface area is 81.1 Å². The van der Waals surface area contributed by atoms with Gasteiger partial charge in [-0.15, -0.1) is 0 Å². The Morgan fingerprint density at radius 3 is 2.79 bits per heavy atom. The van der Waals surface area contributed by atoms with Gasteiger partial charge in [0.05, 0.1) is 24.6 Å². The van der Waals surface area contributed by atoms with Crippen LogP contribution in [0, 0.1) is 0 Å². The number of rotatable bonds is 2. The summed E-state index contributed by atoms with van der Waals surface area (Å²) in [5.74, 6) is 0.480. The number of nitrogens with two attached hydrogens (primary N) is 1. The van der Waals surface area contributed by atoms with E-state index in [-0.39, 0.29) is 0 Å². The molecule has 2 heterocycles. The molecule has 0 saturated carbocycles. The lowest BCUT2D eigenvalue weighted by Gasteiger charge is -2.13. The smallest absolute Gasteiger partial charge is 0.268 e. The van der Waals surface area contributed by atoms with Crippen LogP contribution in [0.3, 0.4) is 0 Å². The molecule has 1 aliphatic heterocycles. The van der Waals surface area contributed by atoms with Crippen LogP contribution in [0.1, 0.15) is 11.9 Å². The fourth-order valence-corrected chi connectivity index (χ4v) is 1.16. The Bertz CT molecular complexity index is 357. The number of nitrogens with zero attached hydrogens (tertiary/aromatic N) is 1. The van der Waals surface area contributed by atoms with Crippen LogP contribution in [-0.4, -0.2) is 12.1 Å². The highest BCUT2D eigenvalue weighted by molar-refractivity contribution is 5.47. The summed E-state index contributed by atoms with van der Waals surface area (Å²) in [6, 6.07) is 1.69. The minimum Gasteiger partial charge on any atom is -0.481 e. The van der Waals surface area contributed by atoms with Crippen molar-refractivity contribution < 1.29 is 14.2 Å². The number of nitrogen functional groups attached to an aromatic ring is 1. The number of anilines is 1. The van der Waals surface area contributed by atoms with Crippen LogP contribution in [0.15, 0.2) is 24.8 Å². The van der Waals surface area contributed by atoms with Crippen LogP contribution < -0.4 is 10.5 Å². The molecule has 0 fully saturated rings. The molecule has 1 aromatic rings. The van der Waals surface area contributed by atoms with Gasteiger partial charge >= 0.3 is 0 Å². The van der Waals surface area contributed by atoms with Gasteiger partial charge in [0.25, 0.3) is 6.29 Å². The summed E-state index contributed by atoms with van der Waals surface area (Å²) in [5, 5.41) is 0. The molecule has 0 aromatic carbocycles. The van der Waals surface area contributed by atoms with Crippen molar-refractivity contribution in [2.24, 2.45) is 0 Å². The van der Waals surface area contributed by atoms with Crippen molar-refractivity contribution in [1.82, 2.24) is 4.98 Å². The van der Waals surface area contributed by atoms with E-state index in [4.69, 9.17) is 19.9 Å². The number of ether oxygens (including phenoxy) is 3. The molecular weight excluding hydrogens is 184 g/mol. The standard InChI is InChI=1S/C9H10N2O3/c1-12-8-4-6(7(10)5-11-8)9-13-2-3-14-9/h2-5,9H,10H2,1H3. The second kappa shape index (κ2) is 3.45. The maximum Gasteiger partial charge on any atom is 0.268 e. The molecule has 0 radical (unpaired) electrons. The molecule has 0 atom stereocenters. The van der Waals surface area contributed by atoms with Crippen molar-refractivity contribution >= 4 is 5.69 Å². The first kappa shape index (κ1) is 8.68. The molecule has 5 heteroatoms. The summed E-state index contributed by atoms with van der Waals surface area (Å²) in [4.78, 5) is 3.95. The number of pyridine rings is 1. The van der Waals surface area contributed by atoms with E-state index in [2.05, 4.69) is 4.98 Å². The molecule has 0 unspecified atom stereocenters. The van der Waals surface area contributed by atoms with Crippen molar-refractivity contribution in [1.29, 1.82) is 0 Å². The SMILES string of the molecule is COc1cc(C2OC=CO2)c(N)cn1. The average Bonchev–Trinajstić information content (AvgIpc) is 2.71. The van der Waals surface area contributed by atoms with Gasteiger partial charge in [0.15, 0.2) is 0 Å². The largest absolute Gasteiger partial charge is 0.481 e. The zero-order chi connectivity index (χ0) is 9.97. The predicted octanol–water partition coefficient (Wildman–Crippen LogP) is 1.19. The number of aromatic nitrogens is 1. The van der Waals surface area contributed by atoms with Crippen LogP contribution in [0.25, 0.3) is 0 Å². The highest BCUT2D eigenvalue weighted by atomic mass is 16.7. The maximum absolute atomic E-state index is 5.72. The van der Waals surface area contributed by atoms with Gasteiger partial charge in [0.2, 0.25) is 5.88 Å². The third-order valence-corrected chi connectivity index (χ3v) is 1.87. The van der Waals surface area contributed by atoms with Crippen molar-refractivity contribution in [2.45, 2.75) is 6.29 Å². The Balaban J connectivity index is 2.30. The van der Waals surface area contributed by atoms with Gasteiger partial charge < -0.3 is 19.9 Å². The van der Waals surface area contributed by atoms with E-state index in [9.17, 15) is 0 Å². The normalized spacial score (nSPS) is 14.9. The Hall–Kier alpha value is -1.91. The summed E-state index contributed by atoms with van der Waals surface area (Å²) in [6.45, 7) is 0. The van der Waals surface area contributed by atoms with E-state index in [0.717, 1.165) is 0 Å². The fraction of sp³-hybridized carbons (Fsp3) is 0.222. The van der Waals surface area contributed by atoms with E-state index in [1.807, 2.05) is 0 Å². The molecule has 2 N–H and O–H groups in total. The first-order valence-corrected chi connectivity index (χ1v) is 4.06. The Morgan fingerprint density at radius 2 is 2.14 bits per heavy atom. The third kappa shape index (κ3) is 1.44. The van der Waals surface area contributed by atoms with E-state index < -0.39 is 6.29 Å².